The van der Waals surface area contributed by atoms with E-state index in [1.807, 2.05) is 12.1 Å². The number of thioether (sulfide) groups is 1. The lowest BCUT2D eigenvalue weighted by molar-refractivity contribution is -0.118. The average Bonchev–Trinajstić information content (AvgIpc) is 3.06. The minimum Gasteiger partial charge on any atom is -0.385 e. The molecule has 0 aliphatic carbocycles. The molecule has 24 heavy (non-hydrogen) atoms. The summed E-state index contributed by atoms with van der Waals surface area (Å²) in [6, 6.07) is 8.10. The number of benzene rings is 1. The van der Waals surface area contributed by atoms with Gasteiger partial charge in [0.25, 0.3) is 5.22 Å². The van der Waals surface area contributed by atoms with E-state index in [1.54, 1.807) is 7.11 Å². The van der Waals surface area contributed by atoms with Gasteiger partial charge in [-0.3, -0.25) is 4.79 Å². The van der Waals surface area contributed by atoms with E-state index < -0.39 is 0 Å². The highest BCUT2D eigenvalue weighted by Gasteiger charge is 2.11. The molecule has 0 saturated carbocycles. The quantitative estimate of drug-likeness (QED) is 0.554. The zero-order chi connectivity index (χ0) is 17.4. The van der Waals surface area contributed by atoms with Gasteiger partial charge < -0.3 is 14.6 Å². The Kier molecular flexibility index (Phi) is 7.27. The van der Waals surface area contributed by atoms with Crippen molar-refractivity contribution in [1.82, 2.24) is 15.5 Å². The Morgan fingerprint density at radius 2 is 2.08 bits per heavy atom. The third kappa shape index (κ3) is 5.65. The minimum absolute atomic E-state index is 0.0582. The molecule has 130 valence electrons. The zero-order valence-corrected chi connectivity index (χ0v) is 15.1. The van der Waals surface area contributed by atoms with Gasteiger partial charge in [0, 0.05) is 25.8 Å². The summed E-state index contributed by atoms with van der Waals surface area (Å²) in [5.74, 6) is 1.21. The number of ether oxygens (including phenoxy) is 1. The van der Waals surface area contributed by atoms with Gasteiger partial charge in [0.2, 0.25) is 11.7 Å². The molecule has 0 spiro atoms. The summed E-state index contributed by atoms with van der Waals surface area (Å²) in [7, 11) is 1.64. The molecule has 1 amide bonds. The van der Waals surface area contributed by atoms with Gasteiger partial charge >= 0.3 is 0 Å². The van der Waals surface area contributed by atoms with Crippen LogP contribution in [0.2, 0.25) is 0 Å². The van der Waals surface area contributed by atoms with Crippen LogP contribution in [0.25, 0.3) is 11.4 Å². The number of hydrogen-bond donors (Lipinski definition) is 1. The van der Waals surface area contributed by atoms with Crippen LogP contribution in [0, 0.1) is 0 Å². The fourth-order valence-corrected chi connectivity index (χ4v) is 2.62. The second-order valence-corrected chi connectivity index (χ2v) is 6.57. The molecule has 1 aromatic heterocycles. The highest BCUT2D eigenvalue weighted by Crippen LogP contribution is 2.23. The number of carbonyl (C=O) groups is 1. The van der Waals surface area contributed by atoms with Crippen LogP contribution in [0.1, 0.15) is 31.7 Å². The molecule has 2 aromatic rings. The van der Waals surface area contributed by atoms with Crippen molar-refractivity contribution >= 4 is 17.7 Å². The van der Waals surface area contributed by atoms with E-state index in [-0.39, 0.29) is 11.7 Å². The third-order valence-corrected chi connectivity index (χ3v) is 4.24. The first kappa shape index (κ1) is 18.5. The van der Waals surface area contributed by atoms with Gasteiger partial charge in [0.05, 0.1) is 5.75 Å². The van der Waals surface area contributed by atoms with E-state index >= 15 is 0 Å². The molecule has 0 fully saturated rings. The molecule has 2 rings (SSSR count). The molecule has 0 saturated heterocycles. The van der Waals surface area contributed by atoms with Gasteiger partial charge in [-0.2, -0.15) is 4.98 Å². The minimum atomic E-state index is -0.0582. The van der Waals surface area contributed by atoms with Crippen molar-refractivity contribution < 1.29 is 14.1 Å². The number of aromatic nitrogens is 2. The number of carbonyl (C=O) groups excluding carboxylic acids is 1. The number of amides is 1. The molecule has 1 heterocycles. The van der Waals surface area contributed by atoms with Gasteiger partial charge in [-0.15, -0.1) is 0 Å². The predicted octanol–water partition coefficient (Wildman–Crippen LogP) is 3.10. The largest absolute Gasteiger partial charge is 0.385 e. The van der Waals surface area contributed by atoms with Crippen LogP contribution in [0.15, 0.2) is 34.0 Å². The molecule has 7 heteroatoms. The lowest BCUT2D eigenvalue weighted by Gasteiger charge is -2.04. The molecular formula is C17H23N3O3S. The summed E-state index contributed by atoms with van der Waals surface area (Å²) < 4.78 is 10.1. The molecule has 1 N–H and O–H groups in total. The lowest BCUT2D eigenvalue weighted by atomic mass is 10.0. The number of rotatable bonds is 9. The van der Waals surface area contributed by atoms with Crippen LogP contribution in [0.4, 0.5) is 0 Å². The summed E-state index contributed by atoms with van der Waals surface area (Å²) in [5.41, 5.74) is 2.17. The lowest BCUT2D eigenvalue weighted by Crippen LogP contribution is -2.26. The fourth-order valence-electron chi connectivity index (χ4n) is 2.03. The SMILES string of the molecule is COCCCNC(=O)CSc1nc(-c2ccc(C(C)C)cc2)no1. The molecule has 0 aliphatic heterocycles. The Balaban J connectivity index is 1.83. The Bertz CT molecular complexity index is 641. The molecule has 0 aliphatic rings. The topological polar surface area (TPSA) is 77.2 Å². The fraction of sp³-hybridized carbons (Fsp3) is 0.471. The van der Waals surface area contributed by atoms with Crippen LogP contribution in [-0.2, 0) is 9.53 Å². The van der Waals surface area contributed by atoms with E-state index in [2.05, 4.69) is 41.4 Å². The van der Waals surface area contributed by atoms with Gasteiger partial charge in [-0.05, 0) is 17.9 Å². The molecule has 1 aromatic carbocycles. The van der Waals surface area contributed by atoms with Crippen LogP contribution in [0.5, 0.6) is 0 Å². The average molecular weight is 349 g/mol. The van der Waals surface area contributed by atoms with Crippen LogP contribution in [-0.4, -0.2) is 42.1 Å². The first-order chi connectivity index (χ1) is 11.6. The first-order valence-corrected chi connectivity index (χ1v) is 8.91. The van der Waals surface area contributed by atoms with Crippen molar-refractivity contribution in [1.29, 1.82) is 0 Å². The summed E-state index contributed by atoms with van der Waals surface area (Å²) in [5, 5.41) is 7.18. The van der Waals surface area contributed by atoms with Crippen LogP contribution in [0.3, 0.4) is 0 Å². The maximum atomic E-state index is 11.7. The second kappa shape index (κ2) is 9.44. The van der Waals surface area contributed by atoms with Gasteiger partial charge in [0.1, 0.15) is 0 Å². The monoisotopic (exact) mass is 349 g/mol. The van der Waals surface area contributed by atoms with Gasteiger partial charge in [0.15, 0.2) is 0 Å². The van der Waals surface area contributed by atoms with Gasteiger partial charge in [-0.1, -0.05) is 55.0 Å². The standard InChI is InChI=1S/C17H23N3O3S/c1-12(2)13-5-7-14(8-6-13)16-19-17(23-20-16)24-11-15(21)18-9-4-10-22-3/h5-8,12H,4,9-11H2,1-3H3,(H,18,21). The first-order valence-electron chi connectivity index (χ1n) is 7.92. The third-order valence-electron chi connectivity index (χ3n) is 3.42. The highest BCUT2D eigenvalue weighted by atomic mass is 32.2. The number of nitrogens with zero attached hydrogens (tertiary/aromatic N) is 2. The highest BCUT2D eigenvalue weighted by molar-refractivity contribution is 7.99. The Morgan fingerprint density at radius 1 is 1.33 bits per heavy atom. The van der Waals surface area contributed by atoms with E-state index in [0.29, 0.717) is 30.1 Å². The molecular weight excluding hydrogens is 326 g/mol. The van der Waals surface area contributed by atoms with Crippen molar-refractivity contribution in [2.24, 2.45) is 0 Å². The second-order valence-electron chi connectivity index (χ2n) is 5.65. The summed E-state index contributed by atoms with van der Waals surface area (Å²) >= 11 is 1.23. The van der Waals surface area contributed by atoms with Crippen molar-refractivity contribution in [2.45, 2.75) is 31.4 Å². The van der Waals surface area contributed by atoms with E-state index in [0.717, 1.165) is 12.0 Å². The number of nitrogens with one attached hydrogen (secondary N) is 1. The number of methoxy groups -OCH3 is 1. The molecule has 0 bridgehead atoms. The zero-order valence-electron chi connectivity index (χ0n) is 14.2. The molecule has 6 nitrogen and oxygen atoms in total. The maximum absolute atomic E-state index is 11.7. The maximum Gasteiger partial charge on any atom is 0.286 e. The molecule has 0 radical (unpaired) electrons. The molecule has 0 unspecified atom stereocenters. The number of hydrogen-bond acceptors (Lipinski definition) is 6. The van der Waals surface area contributed by atoms with Crippen LogP contribution < -0.4 is 5.32 Å². The van der Waals surface area contributed by atoms with Crippen LogP contribution >= 0.6 is 11.8 Å². The Labute approximate surface area is 146 Å². The summed E-state index contributed by atoms with van der Waals surface area (Å²) in [6.45, 7) is 5.54. The normalized spacial score (nSPS) is 11.0. The van der Waals surface area contributed by atoms with Crippen molar-refractivity contribution in [3.63, 3.8) is 0 Å². The predicted molar refractivity (Wildman–Crippen MR) is 94.0 cm³/mol. The smallest absolute Gasteiger partial charge is 0.286 e. The Hall–Kier alpha value is -1.86. The van der Waals surface area contributed by atoms with E-state index in [4.69, 9.17) is 9.26 Å². The van der Waals surface area contributed by atoms with Crippen molar-refractivity contribution in [3.05, 3.63) is 29.8 Å². The van der Waals surface area contributed by atoms with E-state index in [9.17, 15) is 4.79 Å². The molecule has 0 atom stereocenters. The van der Waals surface area contributed by atoms with E-state index in [1.165, 1.54) is 17.3 Å². The Morgan fingerprint density at radius 3 is 2.75 bits per heavy atom. The van der Waals surface area contributed by atoms with Crippen molar-refractivity contribution in [2.75, 3.05) is 26.0 Å². The summed E-state index contributed by atoms with van der Waals surface area (Å²) in [4.78, 5) is 16.0. The van der Waals surface area contributed by atoms with Gasteiger partial charge in [-0.25, -0.2) is 0 Å². The van der Waals surface area contributed by atoms with Crippen molar-refractivity contribution in [3.8, 4) is 11.4 Å². The summed E-state index contributed by atoms with van der Waals surface area (Å²) in [6.07, 6.45) is 0.796.